The molecule has 0 atom stereocenters. The van der Waals surface area contributed by atoms with Crippen LogP contribution in [-0.4, -0.2) is 28.5 Å². The minimum Gasteiger partial charge on any atom is -0.399 e. The molecule has 36 heavy (non-hydrogen) atoms. The van der Waals surface area contributed by atoms with Crippen molar-refractivity contribution in [2.45, 2.75) is 19.4 Å². The summed E-state index contributed by atoms with van der Waals surface area (Å²) in [5, 5.41) is 10.3. The third kappa shape index (κ3) is 5.75. The SMILES string of the molecule is CN1CC=C(Nc2ccc(CNc3ccc(Nc4ccncc4)cc3)cn2)/C2=C/C(N)=C\CCC=C21. The predicted octanol–water partition coefficient (Wildman–Crippen LogP) is 5.52. The molecule has 2 aromatic heterocycles. The first-order valence-electron chi connectivity index (χ1n) is 12.2. The summed E-state index contributed by atoms with van der Waals surface area (Å²) < 4.78 is 0. The fourth-order valence-corrected chi connectivity index (χ4v) is 4.23. The van der Waals surface area contributed by atoms with Crippen molar-refractivity contribution < 1.29 is 0 Å². The van der Waals surface area contributed by atoms with Crippen molar-refractivity contribution in [1.82, 2.24) is 14.9 Å². The number of pyridine rings is 2. The molecule has 3 aromatic rings. The van der Waals surface area contributed by atoms with E-state index in [-0.39, 0.29) is 0 Å². The highest BCUT2D eigenvalue weighted by Gasteiger charge is 2.20. The summed E-state index contributed by atoms with van der Waals surface area (Å²) in [6.07, 6.45) is 16.0. The minimum atomic E-state index is 0.692. The highest BCUT2D eigenvalue weighted by atomic mass is 15.1. The molecule has 0 saturated carbocycles. The van der Waals surface area contributed by atoms with Crippen LogP contribution in [0.1, 0.15) is 18.4 Å². The first kappa shape index (κ1) is 23.2. The van der Waals surface area contributed by atoms with E-state index in [2.05, 4.69) is 92.5 Å². The summed E-state index contributed by atoms with van der Waals surface area (Å²) in [4.78, 5) is 10.9. The topological polar surface area (TPSA) is 91.1 Å². The number of benzene rings is 1. The van der Waals surface area contributed by atoms with Crippen LogP contribution in [0.25, 0.3) is 0 Å². The van der Waals surface area contributed by atoms with Crippen LogP contribution in [0, 0.1) is 0 Å². The Hall–Kier alpha value is -4.52. The number of likely N-dealkylation sites (N-methyl/N-ethyl adjacent to an activating group) is 1. The Morgan fingerprint density at radius 3 is 2.39 bits per heavy atom. The molecule has 0 radical (unpaired) electrons. The molecule has 7 nitrogen and oxygen atoms in total. The van der Waals surface area contributed by atoms with E-state index in [4.69, 9.17) is 5.73 Å². The molecule has 1 aliphatic carbocycles. The Bertz CT molecular complexity index is 1300. The van der Waals surface area contributed by atoms with E-state index in [1.807, 2.05) is 24.4 Å². The van der Waals surface area contributed by atoms with Gasteiger partial charge in [0.2, 0.25) is 0 Å². The summed E-state index contributed by atoms with van der Waals surface area (Å²) >= 11 is 0. The molecular formula is C29H31N7. The minimum absolute atomic E-state index is 0.692. The second-order valence-electron chi connectivity index (χ2n) is 8.90. The molecular weight excluding hydrogens is 446 g/mol. The molecule has 3 heterocycles. The fraction of sp³-hybridized carbons (Fsp3) is 0.172. The molecule has 2 aliphatic rings. The molecule has 0 saturated heterocycles. The summed E-state index contributed by atoms with van der Waals surface area (Å²) in [6, 6.07) is 16.2. The second kappa shape index (κ2) is 10.8. The number of rotatable bonds is 7. The monoisotopic (exact) mass is 477 g/mol. The van der Waals surface area contributed by atoms with Crippen LogP contribution in [0.2, 0.25) is 0 Å². The molecule has 7 heteroatoms. The first-order valence-corrected chi connectivity index (χ1v) is 12.2. The van der Waals surface area contributed by atoms with E-state index in [1.165, 1.54) is 5.70 Å². The smallest absolute Gasteiger partial charge is 0.130 e. The number of hydrogen-bond acceptors (Lipinski definition) is 7. The van der Waals surface area contributed by atoms with Gasteiger partial charge in [-0.3, -0.25) is 4.98 Å². The average molecular weight is 478 g/mol. The zero-order valence-electron chi connectivity index (χ0n) is 20.4. The molecule has 0 spiro atoms. The summed E-state index contributed by atoms with van der Waals surface area (Å²) in [6.45, 7) is 1.53. The highest BCUT2D eigenvalue weighted by Crippen LogP contribution is 2.30. The van der Waals surface area contributed by atoms with Crippen LogP contribution < -0.4 is 21.7 Å². The quantitative estimate of drug-likeness (QED) is 0.356. The van der Waals surface area contributed by atoms with Gasteiger partial charge in [-0.15, -0.1) is 0 Å². The van der Waals surface area contributed by atoms with E-state index >= 15 is 0 Å². The zero-order valence-corrected chi connectivity index (χ0v) is 20.4. The van der Waals surface area contributed by atoms with Gasteiger partial charge in [-0.25, -0.2) is 4.98 Å². The standard InChI is InChI=1S/C29H31N7/c1-36-17-14-27(26-18-22(30)4-2-3-5-28(26)36)35-29-11-6-21(20-33-29)19-32-23-7-9-24(10-8-23)34-25-12-15-31-16-13-25/h4-16,18,20,32H,2-3,17,19,30H2,1H3,(H,31,34)(H,33,35)/b22-4+,26-18-,28-5?. The average Bonchev–Trinajstić information content (AvgIpc) is 2.89. The van der Waals surface area contributed by atoms with Gasteiger partial charge in [0.05, 0.1) is 0 Å². The van der Waals surface area contributed by atoms with Gasteiger partial charge in [0, 0.05) is 78.5 Å². The van der Waals surface area contributed by atoms with Crippen LogP contribution in [0.4, 0.5) is 22.9 Å². The van der Waals surface area contributed by atoms with E-state index in [1.54, 1.807) is 12.4 Å². The van der Waals surface area contributed by atoms with Gasteiger partial charge in [-0.2, -0.15) is 0 Å². The summed E-state index contributed by atoms with van der Waals surface area (Å²) in [7, 11) is 2.11. The van der Waals surface area contributed by atoms with Crippen LogP contribution in [-0.2, 0) is 6.54 Å². The van der Waals surface area contributed by atoms with Crippen LogP contribution in [0.3, 0.4) is 0 Å². The Balaban J connectivity index is 1.19. The first-order chi connectivity index (χ1) is 17.6. The molecule has 182 valence electrons. The molecule has 1 aliphatic heterocycles. The number of nitrogens with zero attached hydrogens (tertiary/aromatic N) is 3. The van der Waals surface area contributed by atoms with Crippen molar-refractivity contribution in [3.05, 3.63) is 120 Å². The Kier molecular flexibility index (Phi) is 6.98. The molecule has 1 aromatic carbocycles. The Morgan fingerprint density at radius 1 is 0.861 bits per heavy atom. The summed E-state index contributed by atoms with van der Waals surface area (Å²) in [5.41, 5.74) is 14.6. The normalized spacial score (nSPS) is 18.2. The Labute approximate surface area is 212 Å². The van der Waals surface area contributed by atoms with E-state index < -0.39 is 0 Å². The lowest BCUT2D eigenvalue weighted by Gasteiger charge is -2.31. The number of nitrogens with two attached hydrogens (primary N) is 1. The lowest BCUT2D eigenvalue weighted by molar-refractivity contribution is 0.460. The van der Waals surface area contributed by atoms with E-state index in [9.17, 15) is 0 Å². The van der Waals surface area contributed by atoms with Crippen molar-refractivity contribution in [2.75, 3.05) is 29.5 Å². The number of anilines is 4. The lowest BCUT2D eigenvalue weighted by atomic mass is 9.98. The van der Waals surface area contributed by atoms with Crippen molar-refractivity contribution >= 4 is 22.9 Å². The molecule has 0 amide bonds. The van der Waals surface area contributed by atoms with Crippen molar-refractivity contribution in [1.29, 1.82) is 0 Å². The lowest BCUT2D eigenvalue weighted by Crippen LogP contribution is -2.27. The Morgan fingerprint density at radius 2 is 1.61 bits per heavy atom. The number of hydrogen-bond donors (Lipinski definition) is 4. The van der Waals surface area contributed by atoms with Gasteiger partial charge in [0.25, 0.3) is 0 Å². The van der Waals surface area contributed by atoms with Crippen molar-refractivity contribution in [2.24, 2.45) is 5.73 Å². The van der Waals surface area contributed by atoms with Gasteiger partial charge < -0.3 is 26.6 Å². The van der Waals surface area contributed by atoms with Crippen LogP contribution in [0.15, 0.2) is 114 Å². The fourth-order valence-electron chi connectivity index (χ4n) is 4.23. The van der Waals surface area contributed by atoms with Gasteiger partial charge in [-0.05, 0) is 73.0 Å². The highest BCUT2D eigenvalue weighted by molar-refractivity contribution is 5.62. The van der Waals surface area contributed by atoms with Crippen LogP contribution in [0.5, 0.6) is 0 Å². The summed E-state index contributed by atoms with van der Waals surface area (Å²) in [5.74, 6) is 0.811. The number of allylic oxidation sites excluding steroid dienone is 3. The molecule has 0 fully saturated rings. The zero-order chi connectivity index (χ0) is 24.7. The van der Waals surface area contributed by atoms with Gasteiger partial charge in [-0.1, -0.05) is 18.2 Å². The van der Waals surface area contributed by atoms with E-state index in [0.717, 1.165) is 64.8 Å². The third-order valence-electron chi connectivity index (χ3n) is 6.18. The maximum atomic E-state index is 6.21. The number of fused-ring (bicyclic) bond motifs is 1. The van der Waals surface area contributed by atoms with Crippen molar-refractivity contribution in [3.63, 3.8) is 0 Å². The molecule has 0 unspecified atom stereocenters. The number of nitrogens with one attached hydrogen (secondary N) is 3. The van der Waals surface area contributed by atoms with Crippen LogP contribution >= 0.6 is 0 Å². The second-order valence-corrected chi connectivity index (χ2v) is 8.90. The van der Waals surface area contributed by atoms with Gasteiger partial charge in [0.1, 0.15) is 5.82 Å². The van der Waals surface area contributed by atoms with Crippen molar-refractivity contribution in [3.8, 4) is 0 Å². The predicted molar refractivity (Wildman–Crippen MR) is 148 cm³/mol. The maximum Gasteiger partial charge on any atom is 0.130 e. The van der Waals surface area contributed by atoms with Gasteiger partial charge in [0.15, 0.2) is 0 Å². The van der Waals surface area contributed by atoms with E-state index in [0.29, 0.717) is 6.54 Å². The molecule has 5 rings (SSSR count). The third-order valence-corrected chi connectivity index (χ3v) is 6.18. The number of aromatic nitrogens is 2. The largest absolute Gasteiger partial charge is 0.399 e. The maximum absolute atomic E-state index is 6.21. The molecule has 0 bridgehead atoms. The van der Waals surface area contributed by atoms with Gasteiger partial charge >= 0.3 is 0 Å². The molecule has 5 N–H and O–H groups in total.